The molecular weight excluding hydrogens is 444 g/mol. The number of carbonyl (C=O) groups excluding carboxylic acids is 3. The number of thiocarbonyl (C=S) groups is 1. The number of aryl methyl sites for hydroxylation is 1. The average Bonchev–Trinajstić information content (AvgIpc) is 3.30. The summed E-state index contributed by atoms with van der Waals surface area (Å²) in [6, 6.07) is 17.4. The summed E-state index contributed by atoms with van der Waals surface area (Å²) in [6.45, 7) is 1.91. The Bertz CT molecular complexity index is 1160. The topological polar surface area (TPSA) is 99.3 Å². The van der Waals surface area contributed by atoms with E-state index in [0.29, 0.717) is 16.8 Å². The van der Waals surface area contributed by atoms with Gasteiger partial charge in [0.2, 0.25) is 5.91 Å². The van der Waals surface area contributed by atoms with Crippen molar-refractivity contribution >= 4 is 58.2 Å². The quantitative estimate of drug-likeness (QED) is 0.262. The monoisotopic (exact) mass is 464 g/mol. The number of nitrogens with one attached hydrogen (secondary N) is 4. The van der Waals surface area contributed by atoms with E-state index in [1.54, 1.807) is 42.5 Å². The molecule has 162 valence electrons. The third-order valence-corrected chi connectivity index (χ3v) is 5.20. The Morgan fingerprint density at radius 3 is 2.38 bits per heavy atom. The molecule has 3 amide bonds. The Labute approximate surface area is 194 Å². The van der Waals surface area contributed by atoms with E-state index in [1.165, 1.54) is 17.4 Å². The number of rotatable bonds is 5. The second-order valence-electron chi connectivity index (χ2n) is 6.65. The molecule has 1 aromatic heterocycles. The third-order valence-electron chi connectivity index (χ3n) is 4.15. The molecule has 0 fully saturated rings. The predicted molar refractivity (Wildman–Crippen MR) is 130 cm³/mol. The zero-order valence-corrected chi connectivity index (χ0v) is 18.7. The van der Waals surface area contributed by atoms with Gasteiger partial charge in [-0.3, -0.25) is 30.6 Å². The molecule has 0 bridgehead atoms. The lowest BCUT2D eigenvalue weighted by Crippen LogP contribution is -2.48. The van der Waals surface area contributed by atoms with E-state index < -0.39 is 11.8 Å². The van der Waals surface area contributed by atoms with Gasteiger partial charge in [-0.15, -0.1) is 11.3 Å². The lowest BCUT2D eigenvalue weighted by Gasteiger charge is -2.10. The van der Waals surface area contributed by atoms with Gasteiger partial charge in [0.05, 0.1) is 0 Å². The summed E-state index contributed by atoms with van der Waals surface area (Å²) < 4.78 is 0. The maximum Gasteiger partial charge on any atom is 0.269 e. The standard InChI is InChI=1S/C23H20N4O3S2/c1-15-4-2-5-17(14-15)21(29)24-18-9-7-16(8-10-18)22(30)26-27-23(31)25-20(28)12-11-19-6-3-13-32-19/h2-14H,1H3,(H,24,29)(H,26,30)(H2,25,27,28,31)/b12-11+. The van der Waals surface area contributed by atoms with Gasteiger partial charge in [-0.2, -0.15) is 0 Å². The van der Waals surface area contributed by atoms with E-state index in [1.807, 2.05) is 36.6 Å². The Kier molecular flexibility index (Phi) is 7.85. The lowest BCUT2D eigenvalue weighted by atomic mass is 10.1. The fourth-order valence-electron chi connectivity index (χ4n) is 2.61. The SMILES string of the molecule is Cc1cccc(C(=O)Nc2ccc(C(=O)NNC(=S)NC(=O)/C=C/c3cccs3)cc2)c1. The number of amides is 3. The van der Waals surface area contributed by atoms with Crippen LogP contribution in [0.25, 0.3) is 6.08 Å². The molecule has 0 saturated carbocycles. The van der Waals surface area contributed by atoms with Crippen LogP contribution in [0.15, 0.2) is 72.1 Å². The molecule has 4 N–H and O–H groups in total. The summed E-state index contributed by atoms with van der Waals surface area (Å²) in [5.74, 6) is -1.10. The van der Waals surface area contributed by atoms with Crippen molar-refractivity contribution in [1.29, 1.82) is 0 Å². The largest absolute Gasteiger partial charge is 0.322 e. The maximum absolute atomic E-state index is 12.3. The van der Waals surface area contributed by atoms with Crippen LogP contribution in [-0.4, -0.2) is 22.8 Å². The molecule has 7 nitrogen and oxygen atoms in total. The smallest absolute Gasteiger partial charge is 0.269 e. The first kappa shape index (κ1) is 22.9. The molecule has 0 atom stereocenters. The van der Waals surface area contributed by atoms with Gasteiger partial charge in [0.15, 0.2) is 5.11 Å². The van der Waals surface area contributed by atoms with Crippen molar-refractivity contribution in [3.63, 3.8) is 0 Å². The summed E-state index contributed by atoms with van der Waals surface area (Å²) >= 11 is 6.50. The second kappa shape index (κ2) is 11.0. The van der Waals surface area contributed by atoms with Crippen LogP contribution in [0.1, 0.15) is 31.2 Å². The van der Waals surface area contributed by atoms with Crippen molar-refractivity contribution in [3.05, 3.63) is 93.7 Å². The molecule has 0 aliphatic carbocycles. The molecule has 3 rings (SSSR count). The fraction of sp³-hybridized carbons (Fsp3) is 0.0435. The maximum atomic E-state index is 12.3. The van der Waals surface area contributed by atoms with Crippen molar-refractivity contribution < 1.29 is 14.4 Å². The van der Waals surface area contributed by atoms with Crippen LogP contribution < -0.4 is 21.5 Å². The molecular formula is C23H20N4O3S2. The molecule has 32 heavy (non-hydrogen) atoms. The molecule has 0 aliphatic rings. The average molecular weight is 465 g/mol. The molecule has 1 heterocycles. The third kappa shape index (κ3) is 6.86. The second-order valence-corrected chi connectivity index (χ2v) is 8.03. The molecule has 3 aromatic rings. The van der Waals surface area contributed by atoms with Crippen molar-refractivity contribution in [2.24, 2.45) is 0 Å². The van der Waals surface area contributed by atoms with Crippen LogP contribution in [0.2, 0.25) is 0 Å². The van der Waals surface area contributed by atoms with Gasteiger partial charge < -0.3 is 5.32 Å². The van der Waals surface area contributed by atoms with Gasteiger partial charge in [0.25, 0.3) is 11.8 Å². The van der Waals surface area contributed by atoms with E-state index in [2.05, 4.69) is 21.5 Å². The highest BCUT2D eigenvalue weighted by Crippen LogP contribution is 2.12. The number of anilines is 1. The molecule has 0 spiro atoms. The minimum atomic E-state index is -0.452. The molecule has 9 heteroatoms. The van der Waals surface area contributed by atoms with Gasteiger partial charge in [-0.05, 0) is 73.1 Å². The summed E-state index contributed by atoms with van der Waals surface area (Å²) in [7, 11) is 0. The fourth-order valence-corrected chi connectivity index (χ4v) is 3.38. The van der Waals surface area contributed by atoms with Gasteiger partial charge in [0.1, 0.15) is 0 Å². The van der Waals surface area contributed by atoms with Gasteiger partial charge in [-0.25, -0.2) is 0 Å². The van der Waals surface area contributed by atoms with E-state index in [-0.39, 0.29) is 11.0 Å². The van der Waals surface area contributed by atoms with E-state index in [9.17, 15) is 14.4 Å². The Hall–Kier alpha value is -3.82. The highest BCUT2D eigenvalue weighted by atomic mass is 32.1. The van der Waals surface area contributed by atoms with E-state index in [0.717, 1.165) is 10.4 Å². The number of hydrogen-bond acceptors (Lipinski definition) is 5. The Morgan fingerprint density at radius 2 is 1.69 bits per heavy atom. The summed E-state index contributed by atoms with van der Waals surface area (Å²) in [5, 5.41) is 7.09. The first-order valence-corrected chi connectivity index (χ1v) is 10.8. The van der Waals surface area contributed by atoms with Crippen molar-refractivity contribution in [3.8, 4) is 0 Å². The zero-order chi connectivity index (χ0) is 22.9. The molecule has 2 aromatic carbocycles. The van der Waals surface area contributed by atoms with E-state index in [4.69, 9.17) is 12.2 Å². The van der Waals surface area contributed by atoms with Gasteiger partial charge >= 0.3 is 0 Å². The highest BCUT2D eigenvalue weighted by molar-refractivity contribution is 7.80. The highest BCUT2D eigenvalue weighted by Gasteiger charge is 2.09. The van der Waals surface area contributed by atoms with Crippen molar-refractivity contribution in [2.75, 3.05) is 5.32 Å². The van der Waals surface area contributed by atoms with Crippen LogP contribution in [0.3, 0.4) is 0 Å². The minimum Gasteiger partial charge on any atom is -0.322 e. The normalized spacial score (nSPS) is 10.4. The molecule has 0 radical (unpaired) electrons. The minimum absolute atomic E-state index is 0.0405. The number of hydrazine groups is 1. The van der Waals surface area contributed by atoms with Crippen LogP contribution in [0, 0.1) is 6.92 Å². The number of carbonyl (C=O) groups is 3. The van der Waals surface area contributed by atoms with Crippen molar-refractivity contribution in [1.82, 2.24) is 16.2 Å². The van der Waals surface area contributed by atoms with Crippen LogP contribution >= 0.6 is 23.6 Å². The lowest BCUT2D eigenvalue weighted by molar-refractivity contribution is -0.115. The number of hydrogen-bond donors (Lipinski definition) is 4. The number of thiophene rings is 1. The van der Waals surface area contributed by atoms with Gasteiger partial charge in [-0.1, -0.05) is 23.8 Å². The van der Waals surface area contributed by atoms with Crippen molar-refractivity contribution in [2.45, 2.75) is 6.92 Å². The molecule has 0 saturated heterocycles. The summed E-state index contributed by atoms with van der Waals surface area (Å²) in [6.07, 6.45) is 3.02. The first-order valence-electron chi connectivity index (χ1n) is 9.52. The predicted octanol–water partition coefficient (Wildman–Crippen LogP) is 3.66. The van der Waals surface area contributed by atoms with Crippen LogP contribution in [-0.2, 0) is 4.79 Å². The number of benzene rings is 2. The summed E-state index contributed by atoms with van der Waals surface area (Å²) in [4.78, 5) is 37.4. The zero-order valence-electron chi connectivity index (χ0n) is 17.0. The summed E-state index contributed by atoms with van der Waals surface area (Å²) in [5.41, 5.74) is 7.33. The molecule has 0 aliphatic heterocycles. The molecule has 0 unspecified atom stereocenters. The van der Waals surface area contributed by atoms with Crippen LogP contribution in [0.5, 0.6) is 0 Å². The Balaban J connectivity index is 1.46. The Morgan fingerprint density at radius 1 is 0.906 bits per heavy atom. The van der Waals surface area contributed by atoms with Crippen LogP contribution in [0.4, 0.5) is 5.69 Å². The van der Waals surface area contributed by atoms with E-state index >= 15 is 0 Å². The van der Waals surface area contributed by atoms with Gasteiger partial charge in [0, 0.05) is 27.8 Å². The first-order chi connectivity index (χ1) is 15.4.